The third-order valence-electron chi connectivity index (χ3n) is 2.30. The average molecular weight is 276 g/mol. The zero-order valence-corrected chi connectivity index (χ0v) is 11.1. The van der Waals surface area contributed by atoms with Gasteiger partial charge in [-0.15, -0.1) is 0 Å². The van der Waals surface area contributed by atoms with Gasteiger partial charge in [-0.1, -0.05) is 17.8 Å². The van der Waals surface area contributed by atoms with E-state index in [1.807, 2.05) is 6.92 Å². The standard InChI is InChI=1S/C12H12N4O2S/c1-2-14-9-4-3-5-10(12(9)16(17)18)19-11-8-13-6-7-15-11/h3-8,14H,2H2,1H3. The Hall–Kier alpha value is -2.15. The zero-order chi connectivity index (χ0) is 13.7. The molecule has 0 amide bonds. The number of para-hydroxylation sites is 1. The van der Waals surface area contributed by atoms with Crippen LogP contribution in [-0.4, -0.2) is 21.4 Å². The molecule has 0 unspecified atom stereocenters. The van der Waals surface area contributed by atoms with E-state index < -0.39 is 0 Å². The number of nitrogens with one attached hydrogen (secondary N) is 1. The SMILES string of the molecule is CCNc1cccc(Sc2cnccn2)c1[N+](=O)[O-]. The van der Waals surface area contributed by atoms with E-state index >= 15 is 0 Å². The lowest BCUT2D eigenvalue weighted by molar-refractivity contribution is -0.386. The summed E-state index contributed by atoms with van der Waals surface area (Å²) in [5.41, 5.74) is 0.585. The minimum Gasteiger partial charge on any atom is -0.380 e. The quantitative estimate of drug-likeness (QED) is 0.668. The fourth-order valence-electron chi connectivity index (χ4n) is 1.58. The van der Waals surface area contributed by atoms with E-state index in [1.54, 1.807) is 36.8 Å². The van der Waals surface area contributed by atoms with Gasteiger partial charge in [-0.05, 0) is 19.1 Å². The van der Waals surface area contributed by atoms with Crippen LogP contribution in [0.4, 0.5) is 11.4 Å². The van der Waals surface area contributed by atoms with E-state index in [0.29, 0.717) is 22.2 Å². The normalized spacial score (nSPS) is 10.2. The van der Waals surface area contributed by atoms with Crippen LogP contribution in [0.2, 0.25) is 0 Å². The van der Waals surface area contributed by atoms with Crippen LogP contribution in [0.15, 0.2) is 46.7 Å². The first kappa shape index (κ1) is 13.3. The molecule has 1 N–H and O–H groups in total. The molecular formula is C12H12N4O2S. The lowest BCUT2D eigenvalue weighted by Crippen LogP contribution is -2.02. The molecule has 7 heteroatoms. The summed E-state index contributed by atoms with van der Waals surface area (Å²) in [5.74, 6) is 0. The Morgan fingerprint density at radius 3 is 2.89 bits per heavy atom. The van der Waals surface area contributed by atoms with Crippen molar-refractivity contribution >= 4 is 23.1 Å². The summed E-state index contributed by atoms with van der Waals surface area (Å²) in [5, 5.41) is 14.8. The Labute approximate surface area is 114 Å². The Morgan fingerprint density at radius 2 is 2.26 bits per heavy atom. The topological polar surface area (TPSA) is 81.0 Å². The van der Waals surface area contributed by atoms with Crippen molar-refractivity contribution in [1.82, 2.24) is 9.97 Å². The van der Waals surface area contributed by atoms with Crippen LogP contribution in [-0.2, 0) is 0 Å². The molecule has 19 heavy (non-hydrogen) atoms. The van der Waals surface area contributed by atoms with Crippen molar-refractivity contribution < 1.29 is 4.92 Å². The number of hydrogen-bond donors (Lipinski definition) is 1. The van der Waals surface area contributed by atoms with E-state index in [0.717, 1.165) is 0 Å². The summed E-state index contributed by atoms with van der Waals surface area (Å²) < 4.78 is 0. The highest BCUT2D eigenvalue weighted by Crippen LogP contribution is 2.38. The Kier molecular flexibility index (Phi) is 4.30. The molecule has 1 aromatic carbocycles. The summed E-state index contributed by atoms with van der Waals surface area (Å²) in [6, 6.07) is 5.18. The molecule has 0 fully saturated rings. The summed E-state index contributed by atoms with van der Waals surface area (Å²) in [7, 11) is 0. The third kappa shape index (κ3) is 3.19. The van der Waals surface area contributed by atoms with Gasteiger partial charge in [-0.25, -0.2) is 4.98 Å². The predicted octanol–water partition coefficient (Wildman–Crippen LogP) is 2.97. The number of hydrogen-bond acceptors (Lipinski definition) is 6. The fraction of sp³-hybridized carbons (Fsp3) is 0.167. The second kappa shape index (κ2) is 6.14. The van der Waals surface area contributed by atoms with Crippen molar-refractivity contribution in [1.29, 1.82) is 0 Å². The fourth-order valence-corrected chi connectivity index (χ4v) is 2.46. The third-order valence-corrected chi connectivity index (χ3v) is 3.27. The highest BCUT2D eigenvalue weighted by atomic mass is 32.2. The number of anilines is 1. The molecule has 0 atom stereocenters. The van der Waals surface area contributed by atoms with Gasteiger partial charge in [0.2, 0.25) is 0 Å². The second-order valence-corrected chi connectivity index (χ2v) is 4.65. The van der Waals surface area contributed by atoms with Gasteiger partial charge in [0, 0.05) is 18.9 Å². The molecule has 0 saturated carbocycles. The first-order valence-electron chi connectivity index (χ1n) is 5.67. The van der Waals surface area contributed by atoms with E-state index in [4.69, 9.17) is 0 Å². The molecular weight excluding hydrogens is 264 g/mol. The molecule has 2 aromatic rings. The number of nitrogens with zero attached hydrogens (tertiary/aromatic N) is 3. The summed E-state index contributed by atoms with van der Waals surface area (Å²) >= 11 is 1.23. The lowest BCUT2D eigenvalue weighted by atomic mass is 10.2. The van der Waals surface area contributed by atoms with Gasteiger partial charge in [0.05, 0.1) is 16.0 Å². The van der Waals surface area contributed by atoms with Crippen LogP contribution >= 0.6 is 11.8 Å². The van der Waals surface area contributed by atoms with Crippen molar-refractivity contribution in [3.05, 3.63) is 46.9 Å². The van der Waals surface area contributed by atoms with Crippen LogP contribution in [0.1, 0.15) is 6.92 Å². The maximum Gasteiger partial charge on any atom is 0.306 e. The van der Waals surface area contributed by atoms with E-state index in [-0.39, 0.29) is 10.6 Å². The van der Waals surface area contributed by atoms with E-state index in [9.17, 15) is 10.1 Å². The van der Waals surface area contributed by atoms with Gasteiger partial charge >= 0.3 is 5.69 Å². The van der Waals surface area contributed by atoms with E-state index in [2.05, 4.69) is 15.3 Å². The van der Waals surface area contributed by atoms with Crippen molar-refractivity contribution in [2.24, 2.45) is 0 Å². The van der Waals surface area contributed by atoms with E-state index in [1.165, 1.54) is 11.8 Å². The molecule has 0 aliphatic heterocycles. The Balaban J connectivity index is 2.39. The van der Waals surface area contributed by atoms with Gasteiger partial charge in [0.25, 0.3) is 0 Å². The maximum atomic E-state index is 11.2. The van der Waals surface area contributed by atoms with Crippen molar-refractivity contribution in [2.45, 2.75) is 16.8 Å². The summed E-state index contributed by atoms with van der Waals surface area (Å²) in [6.45, 7) is 2.52. The van der Waals surface area contributed by atoms with Gasteiger partial charge in [0.15, 0.2) is 0 Å². The van der Waals surface area contributed by atoms with Crippen LogP contribution in [0.5, 0.6) is 0 Å². The van der Waals surface area contributed by atoms with Crippen LogP contribution in [0, 0.1) is 10.1 Å². The number of nitro benzene ring substituents is 1. The number of aromatic nitrogens is 2. The molecule has 1 aromatic heterocycles. The second-order valence-electron chi connectivity index (χ2n) is 3.59. The number of nitro groups is 1. The first-order valence-corrected chi connectivity index (χ1v) is 6.49. The van der Waals surface area contributed by atoms with Crippen molar-refractivity contribution in [2.75, 3.05) is 11.9 Å². The molecule has 0 aliphatic carbocycles. The van der Waals surface area contributed by atoms with Crippen molar-refractivity contribution in [3.63, 3.8) is 0 Å². The highest BCUT2D eigenvalue weighted by Gasteiger charge is 2.20. The number of benzene rings is 1. The molecule has 98 valence electrons. The first-order chi connectivity index (χ1) is 9.22. The molecule has 0 bridgehead atoms. The predicted molar refractivity (Wildman–Crippen MR) is 73.4 cm³/mol. The average Bonchev–Trinajstić information content (AvgIpc) is 2.40. The molecule has 0 aliphatic rings. The molecule has 6 nitrogen and oxygen atoms in total. The summed E-state index contributed by atoms with van der Waals surface area (Å²) in [4.78, 5) is 19.4. The number of rotatable bonds is 5. The maximum absolute atomic E-state index is 11.2. The molecule has 0 spiro atoms. The molecule has 0 saturated heterocycles. The molecule has 0 radical (unpaired) electrons. The van der Waals surface area contributed by atoms with Gasteiger partial charge < -0.3 is 5.32 Å². The lowest BCUT2D eigenvalue weighted by Gasteiger charge is -2.07. The van der Waals surface area contributed by atoms with Gasteiger partial charge in [0.1, 0.15) is 10.7 Å². The monoisotopic (exact) mass is 276 g/mol. The molecule has 1 heterocycles. The minimum absolute atomic E-state index is 0.0694. The van der Waals surface area contributed by atoms with Crippen LogP contribution < -0.4 is 5.32 Å². The Bertz CT molecular complexity index is 577. The summed E-state index contributed by atoms with van der Waals surface area (Å²) in [6.07, 6.45) is 4.70. The zero-order valence-electron chi connectivity index (χ0n) is 10.2. The highest BCUT2D eigenvalue weighted by molar-refractivity contribution is 7.99. The Morgan fingerprint density at radius 1 is 1.42 bits per heavy atom. The van der Waals surface area contributed by atoms with Crippen LogP contribution in [0.3, 0.4) is 0 Å². The smallest absolute Gasteiger partial charge is 0.306 e. The minimum atomic E-state index is -0.378. The van der Waals surface area contributed by atoms with Gasteiger partial charge in [-0.3, -0.25) is 15.1 Å². The van der Waals surface area contributed by atoms with Crippen molar-refractivity contribution in [3.8, 4) is 0 Å². The largest absolute Gasteiger partial charge is 0.380 e. The van der Waals surface area contributed by atoms with Gasteiger partial charge in [-0.2, -0.15) is 0 Å². The van der Waals surface area contributed by atoms with Crippen LogP contribution in [0.25, 0.3) is 0 Å². The molecule has 2 rings (SSSR count).